The van der Waals surface area contributed by atoms with Crippen LogP contribution in [0, 0.1) is 0 Å². The summed E-state index contributed by atoms with van der Waals surface area (Å²) >= 11 is 0. The molecule has 0 aliphatic carbocycles. The Kier molecular flexibility index (Phi) is 5.06. The van der Waals surface area contributed by atoms with Crippen LogP contribution in [0.4, 0.5) is 0 Å². The highest BCUT2D eigenvalue weighted by Crippen LogP contribution is 2.27. The van der Waals surface area contributed by atoms with Crippen molar-refractivity contribution in [2.24, 2.45) is 0 Å². The molecule has 5 nitrogen and oxygen atoms in total. The molecule has 0 radical (unpaired) electrons. The van der Waals surface area contributed by atoms with E-state index >= 15 is 0 Å². The van der Waals surface area contributed by atoms with Gasteiger partial charge in [-0.15, -0.1) is 0 Å². The molecule has 0 bridgehead atoms. The predicted molar refractivity (Wildman–Crippen MR) is 92.5 cm³/mol. The first-order chi connectivity index (χ1) is 11.3. The summed E-state index contributed by atoms with van der Waals surface area (Å²) in [4.78, 5) is 24.5. The Balaban J connectivity index is 2.12. The fourth-order valence-electron chi connectivity index (χ4n) is 3.61. The summed E-state index contributed by atoms with van der Waals surface area (Å²) in [7, 11) is 0. The highest BCUT2D eigenvalue weighted by Gasteiger charge is 2.26. The number of hydrogen-bond acceptors (Lipinski definition) is 4. The predicted octanol–water partition coefficient (Wildman–Crippen LogP) is 3.14. The second-order valence-electron chi connectivity index (χ2n) is 6.30. The van der Waals surface area contributed by atoms with Gasteiger partial charge in [0.15, 0.2) is 5.65 Å². The van der Waals surface area contributed by atoms with Crippen LogP contribution in [0.5, 0.6) is 0 Å². The summed E-state index contributed by atoms with van der Waals surface area (Å²) in [5.41, 5.74) is 0.619. The van der Waals surface area contributed by atoms with Gasteiger partial charge in [0.05, 0.1) is 11.4 Å². The van der Waals surface area contributed by atoms with Crippen molar-refractivity contribution in [1.82, 2.24) is 19.4 Å². The number of nitrogens with zero attached hydrogens (tertiary/aromatic N) is 4. The molecule has 23 heavy (non-hydrogen) atoms. The van der Waals surface area contributed by atoms with Crippen LogP contribution >= 0.6 is 0 Å². The molecule has 2 aromatic rings. The highest BCUT2D eigenvalue weighted by molar-refractivity contribution is 5.73. The molecule has 5 heteroatoms. The Hall–Kier alpha value is -1.75. The van der Waals surface area contributed by atoms with Gasteiger partial charge in [0.2, 0.25) is 0 Å². The van der Waals surface area contributed by atoms with E-state index in [0.29, 0.717) is 17.6 Å². The summed E-state index contributed by atoms with van der Waals surface area (Å²) < 4.78 is 1.85. The molecule has 0 spiro atoms. The standard InChI is InChI=1S/C18H26N4O/c1-3-9-15(21-12-6-5-7-13-21)17-20-16-14(10-8-11-19-16)18(23)22(17)4-2/h8,10-11,15H,3-7,9,12-13H2,1-2H3. The van der Waals surface area contributed by atoms with Gasteiger partial charge in [0.1, 0.15) is 5.82 Å². The van der Waals surface area contributed by atoms with Gasteiger partial charge in [-0.1, -0.05) is 19.8 Å². The number of fused-ring (bicyclic) bond motifs is 1. The number of hydrogen-bond donors (Lipinski definition) is 0. The van der Waals surface area contributed by atoms with Gasteiger partial charge in [-0.2, -0.15) is 0 Å². The fourth-order valence-corrected chi connectivity index (χ4v) is 3.61. The Morgan fingerprint density at radius 3 is 2.70 bits per heavy atom. The van der Waals surface area contributed by atoms with E-state index in [1.807, 2.05) is 17.6 Å². The van der Waals surface area contributed by atoms with E-state index < -0.39 is 0 Å². The molecule has 1 aliphatic heterocycles. The third kappa shape index (κ3) is 3.15. The van der Waals surface area contributed by atoms with Gasteiger partial charge < -0.3 is 0 Å². The molecule has 3 rings (SSSR count). The quantitative estimate of drug-likeness (QED) is 0.851. The smallest absolute Gasteiger partial charge is 0.263 e. The lowest BCUT2D eigenvalue weighted by atomic mass is 10.0. The van der Waals surface area contributed by atoms with Crippen molar-refractivity contribution in [2.75, 3.05) is 13.1 Å². The number of rotatable bonds is 5. The van der Waals surface area contributed by atoms with Crippen LogP contribution in [0.25, 0.3) is 11.0 Å². The fraction of sp³-hybridized carbons (Fsp3) is 0.611. The normalized spacial score (nSPS) is 17.5. The van der Waals surface area contributed by atoms with E-state index in [1.54, 1.807) is 12.3 Å². The van der Waals surface area contributed by atoms with Crippen LogP contribution in [0.2, 0.25) is 0 Å². The summed E-state index contributed by atoms with van der Waals surface area (Å²) in [6, 6.07) is 3.85. The molecule has 1 fully saturated rings. The van der Waals surface area contributed by atoms with E-state index in [0.717, 1.165) is 31.8 Å². The Morgan fingerprint density at radius 1 is 1.22 bits per heavy atom. The van der Waals surface area contributed by atoms with Crippen molar-refractivity contribution in [2.45, 2.75) is 58.5 Å². The first-order valence-corrected chi connectivity index (χ1v) is 8.85. The minimum atomic E-state index is 0.0405. The van der Waals surface area contributed by atoms with E-state index in [4.69, 9.17) is 4.98 Å². The molecular formula is C18H26N4O. The lowest BCUT2D eigenvalue weighted by molar-refractivity contribution is 0.144. The van der Waals surface area contributed by atoms with Gasteiger partial charge in [-0.05, 0) is 51.4 Å². The van der Waals surface area contributed by atoms with Crippen molar-refractivity contribution >= 4 is 11.0 Å². The molecule has 1 saturated heterocycles. The molecule has 0 saturated carbocycles. The number of likely N-dealkylation sites (tertiary alicyclic amines) is 1. The average molecular weight is 314 g/mol. The molecule has 1 aliphatic rings. The molecule has 1 unspecified atom stereocenters. The summed E-state index contributed by atoms with van der Waals surface area (Å²) in [5, 5.41) is 0.618. The Bertz CT molecular complexity index is 719. The van der Waals surface area contributed by atoms with Crippen molar-refractivity contribution in [1.29, 1.82) is 0 Å². The molecule has 0 N–H and O–H groups in total. The summed E-state index contributed by atoms with van der Waals surface area (Å²) in [5.74, 6) is 0.896. The van der Waals surface area contributed by atoms with Gasteiger partial charge in [-0.3, -0.25) is 14.3 Å². The number of piperidine rings is 1. The van der Waals surface area contributed by atoms with Crippen LogP contribution in [0.15, 0.2) is 23.1 Å². The first-order valence-electron chi connectivity index (χ1n) is 8.85. The molecule has 0 amide bonds. The minimum absolute atomic E-state index is 0.0405. The summed E-state index contributed by atoms with van der Waals surface area (Å²) in [6.45, 7) is 7.08. The second kappa shape index (κ2) is 7.21. The molecule has 0 aromatic carbocycles. The van der Waals surface area contributed by atoms with E-state index in [9.17, 15) is 4.79 Å². The van der Waals surface area contributed by atoms with Crippen molar-refractivity contribution in [3.63, 3.8) is 0 Å². The van der Waals surface area contributed by atoms with Crippen LogP contribution in [0.1, 0.15) is 57.8 Å². The molecule has 2 aromatic heterocycles. The van der Waals surface area contributed by atoms with Gasteiger partial charge >= 0.3 is 0 Å². The van der Waals surface area contributed by atoms with Crippen LogP contribution in [-0.2, 0) is 6.54 Å². The van der Waals surface area contributed by atoms with E-state index in [-0.39, 0.29) is 11.6 Å². The Labute approximate surface area is 137 Å². The topological polar surface area (TPSA) is 51.0 Å². The minimum Gasteiger partial charge on any atom is -0.295 e. The van der Waals surface area contributed by atoms with Gasteiger partial charge in [-0.25, -0.2) is 9.97 Å². The lowest BCUT2D eigenvalue weighted by Crippen LogP contribution is -2.38. The monoisotopic (exact) mass is 314 g/mol. The first kappa shape index (κ1) is 16.1. The Morgan fingerprint density at radius 2 is 2.00 bits per heavy atom. The van der Waals surface area contributed by atoms with Crippen LogP contribution in [0.3, 0.4) is 0 Å². The number of pyridine rings is 1. The third-order valence-electron chi connectivity index (χ3n) is 4.77. The van der Waals surface area contributed by atoms with Gasteiger partial charge in [0.25, 0.3) is 5.56 Å². The zero-order chi connectivity index (χ0) is 16.2. The highest BCUT2D eigenvalue weighted by atomic mass is 16.1. The maximum Gasteiger partial charge on any atom is 0.263 e. The maximum atomic E-state index is 12.8. The van der Waals surface area contributed by atoms with Gasteiger partial charge in [0, 0.05) is 12.7 Å². The molecule has 1 atom stereocenters. The van der Waals surface area contributed by atoms with Crippen molar-refractivity contribution in [3.8, 4) is 0 Å². The van der Waals surface area contributed by atoms with Crippen LogP contribution < -0.4 is 5.56 Å². The van der Waals surface area contributed by atoms with E-state index in [1.165, 1.54) is 19.3 Å². The number of aromatic nitrogens is 3. The average Bonchev–Trinajstić information content (AvgIpc) is 2.60. The molecular weight excluding hydrogens is 288 g/mol. The molecule has 124 valence electrons. The lowest BCUT2D eigenvalue weighted by Gasteiger charge is -2.35. The van der Waals surface area contributed by atoms with Crippen molar-refractivity contribution < 1.29 is 0 Å². The maximum absolute atomic E-state index is 12.8. The zero-order valence-corrected chi connectivity index (χ0v) is 14.2. The molecule has 3 heterocycles. The third-order valence-corrected chi connectivity index (χ3v) is 4.77. The summed E-state index contributed by atoms with van der Waals surface area (Å²) in [6.07, 6.45) is 7.61. The van der Waals surface area contributed by atoms with E-state index in [2.05, 4.69) is 16.8 Å². The SMILES string of the molecule is CCCC(c1nc2ncccc2c(=O)n1CC)N1CCCCC1. The van der Waals surface area contributed by atoms with Crippen molar-refractivity contribution in [3.05, 3.63) is 34.5 Å². The van der Waals surface area contributed by atoms with Crippen LogP contribution in [-0.4, -0.2) is 32.5 Å². The largest absolute Gasteiger partial charge is 0.295 e. The second-order valence-corrected chi connectivity index (χ2v) is 6.30. The zero-order valence-electron chi connectivity index (χ0n) is 14.2.